The van der Waals surface area contributed by atoms with E-state index < -0.39 is 56.9 Å². The van der Waals surface area contributed by atoms with Crippen molar-refractivity contribution >= 4 is 39.3 Å². The Morgan fingerprint density at radius 1 is 0.923 bits per heavy atom. The molecule has 2 rings (SSSR count). The van der Waals surface area contributed by atoms with Gasteiger partial charge in [0.05, 0.1) is 11.1 Å². The number of rotatable bonds is 3. The summed E-state index contributed by atoms with van der Waals surface area (Å²) in [6.45, 7) is 0. The molecule has 0 fully saturated rings. The standard InChI is InChI=1S/C16H8Cl2F6O2/c17-12(25)14(13(18)26)6-5-9(11(7-14)16(22,23)24)8-3-1-2-4-10(8)15(19,20)21/h1-5,7H,6H2. The summed E-state index contributed by atoms with van der Waals surface area (Å²) in [6.07, 6.45) is -9.85. The highest BCUT2D eigenvalue weighted by Crippen LogP contribution is 2.48. The lowest BCUT2D eigenvalue weighted by molar-refractivity contribution is -0.138. The van der Waals surface area contributed by atoms with E-state index in [0.717, 1.165) is 18.2 Å². The molecule has 0 atom stereocenters. The molecule has 0 aromatic heterocycles. The second-order valence-electron chi connectivity index (χ2n) is 5.44. The third-order valence-electron chi connectivity index (χ3n) is 3.84. The van der Waals surface area contributed by atoms with Crippen molar-refractivity contribution in [3.05, 3.63) is 53.1 Å². The first kappa shape index (κ1) is 20.5. The Bertz CT molecular complexity index is 807. The highest BCUT2D eigenvalue weighted by molar-refractivity contribution is 6.75. The zero-order chi connectivity index (χ0) is 19.9. The number of benzene rings is 1. The molecule has 1 aliphatic carbocycles. The predicted octanol–water partition coefficient (Wildman–Crippen LogP) is 5.50. The van der Waals surface area contributed by atoms with Crippen LogP contribution in [0.4, 0.5) is 26.3 Å². The largest absolute Gasteiger partial charge is 0.417 e. The van der Waals surface area contributed by atoms with Gasteiger partial charge in [0, 0.05) is 0 Å². The number of allylic oxidation sites excluding steroid dienone is 4. The summed E-state index contributed by atoms with van der Waals surface area (Å²) in [4.78, 5) is 23.1. The molecule has 0 saturated carbocycles. The van der Waals surface area contributed by atoms with Crippen molar-refractivity contribution in [2.45, 2.75) is 18.8 Å². The van der Waals surface area contributed by atoms with Crippen LogP contribution in [0.15, 0.2) is 42.0 Å². The first-order valence-electron chi connectivity index (χ1n) is 6.88. The Hall–Kier alpha value is -1.80. The van der Waals surface area contributed by atoms with Crippen LogP contribution in [0.5, 0.6) is 0 Å². The van der Waals surface area contributed by atoms with Crippen LogP contribution in [0.25, 0.3) is 5.57 Å². The minimum absolute atomic E-state index is 0.195. The van der Waals surface area contributed by atoms with Gasteiger partial charge in [-0.25, -0.2) is 0 Å². The number of hydrogen-bond donors (Lipinski definition) is 0. The van der Waals surface area contributed by atoms with Crippen molar-refractivity contribution in [1.29, 1.82) is 0 Å². The Morgan fingerprint density at radius 3 is 1.92 bits per heavy atom. The summed E-state index contributed by atoms with van der Waals surface area (Å²) in [5.74, 6) is 0. The molecule has 0 unspecified atom stereocenters. The zero-order valence-corrected chi connectivity index (χ0v) is 14.0. The Labute approximate surface area is 153 Å². The van der Waals surface area contributed by atoms with Gasteiger partial charge in [-0.15, -0.1) is 0 Å². The topological polar surface area (TPSA) is 34.1 Å². The lowest BCUT2D eigenvalue weighted by Gasteiger charge is -2.30. The fraction of sp³-hybridized carbons (Fsp3) is 0.250. The number of alkyl halides is 6. The van der Waals surface area contributed by atoms with E-state index in [-0.39, 0.29) is 6.08 Å². The lowest BCUT2D eigenvalue weighted by atomic mass is 9.76. The Kier molecular flexibility index (Phi) is 5.31. The summed E-state index contributed by atoms with van der Waals surface area (Å²) in [6, 6.07) is 3.67. The maximum absolute atomic E-state index is 13.5. The van der Waals surface area contributed by atoms with Crippen LogP contribution in [0.2, 0.25) is 0 Å². The molecule has 1 aromatic rings. The number of halogens is 8. The van der Waals surface area contributed by atoms with E-state index in [1.165, 1.54) is 0 Å². The Balaban J connectivity index is 2.74. The molecule has 0 amide bonds. The molecule has 140 valence electrons. The van der Waals surface area contributed by atoms with Crippen molar-refractivity contribution in [2.24, 2.45) is 5.41 Å². The third kappa shape index (κ3) is 3.66. The van der Waals surface area contributed by atoms with Crippen LogP contribution in [-0.4, -0.2) is 16.7 Å². The van der Waals surface area contributed by atoms with E-state index in [1.54, 1.807) is 0 Å². The minimum atomic E-state index is -5.16. The molecule has 1 aromatic carbocycles. The molecule has 0 spiro atoms. The highest BCUT2D eigenvalue weighted by Gasteiger charge is 2.49. The fourth-order valence-corrected chi connectivity index (χ4v) is 3.05. The fourth-order valence-electron chi connectivity index (χ4n) is 2.56. The van der Waals surface area contributed by atoms with Gasteiger partial charge in [-0.1, -0.05) is 24.3 Å². The molecule has 26 heavy (non-hydrogen) atoms. The quantitative estimate of drug-likeness (QED) is 0.370. The second kappa shape index (κ2) is 6.74. The average Bonchev–Trinajstić information content (AvgIpc) is 2.52. The summed E-state index contributed by atoms with van der Waals surface area (Å²) in [7, 11) is 0. The summed E-state index contributed by atoms with van der Waals surface area (Å²) in [5.41, 5.74) is -6.92. The Morgan fingerprint density at radius 2 is 1.46 bits per heavy atom. The first-order chi connectivity index (χ1) is 11.8. The maximum atomic E-state index is 13.5. The van der Waals surface area contributed by atoms with Crippen molar-refractivity contribution in [3.8, 4) is 0 Å². The SMILES string of the molecule is O=C(Cl)C1(C(=O)Cl)C=C(C(F)(F)F)C(c2ccccc2C(F)(F)F)=CC1. The number of carbonyl (C=O) groups is 2. The van der Waals surface area contributed by atoms with Crippen LogP contribution < -0.4 is 0 Å². The lowest BCUT2D eigenvalue weighted by Crippen LogP contribution is -2.35. The summed E-state index contributed by atoms with van der Waals surface area (Å²) < 4.78 is 79.9. The van der Waals surface area contributed by atoms with E-state index in [2.05, 4.69) is 0 Å². The van der Waals surface area contributed by atoms with Crippen LogP contribution >= 0.6 is 23.2 Å². The average molecular weight is 417 g/mol. The third-order valence-corrected chi connectivity index (χ3v) is 4.51. The minimum Gasteiger partial charge on any atom is -0.280 e. The summed E-state index contributed by atoms with van der Waals surface area (Å²) >= 11 is 10.5. The van der Waals surface area contributed by atoms with E-state index >= 15 is 0 Å². The van der Waals surface area contributed by atoms with Crippen molar-refractivity contribution in [1.82, 2.24) is 0 Å². The highest BCUT2D eigenvalue weighted by atomic mass is 35.5. The molecule has 0 radical (unpaired) electrons. The van der Waals surface area contributed by atoms with Gasteiger partial charge in [-0.05, 0) is 52.9 Å². The summed E-state index contributed by atoms with van der Waals surface area (Å²) in [5, 5.41) is -2.92. The van der Waals surface area contributed by atoms with Crippen molar-refractivity contribution in [3.63, 3.8) is 0 Å². The van der Waals surface area contributed by atoms with Gasteiger partial charge >= 0.3 is 12.4 Å². The van der Waals surface area contributed by atoms with Crippen LogP contribution in [0.1, 0.15) is 17.5 Å². The smallest absolute Gasteiger partial charge is 0.280 e. The zero-order valence-electron chi connectivity index (χ0n) is 12.5. The van der Waals surface area contributed by atoms with E-state index in [1.807, 2.05) is 0 Å². The molecule has 0 heterocycles. The normalized spacial score (nSPS) is 17.4. The van der Waals surface area contributed by atoms with Crippen LogP contribution in [-0.2, 0) is 15.8 Å². The number of carbonyl (C=O) groups excluding carboxylic acids is 2. The van der Waals surface area contributed by atoms with E-state index in [9.17, 15) is 35.9 Å². The molecule has 1 aliphatic rings. The van der Waals surface area contributed by atoms with E-state index in [0.29, 0.717) is 12.1 Å². The molecule has 2 nitrogen and oxygen atoms in total. The van der Waals surface area contributed by atoms with Gasteiger partial charge in [0.25, 0.3) is 0 Å². The number of hydrogen-bond acceptors (Lipinski definition) is 2. The molecule has 0 N–H and O–H groups in total. The van der Waals surface area contributed by atoms with Crippen LogP contribution in [0.3, 0.4) is 0 Å². The van der Waals surface area contributed by atoms with Crippen molar-refractivity contribution in [2.75, 3.05) is 0 Å². The monoisotopic (exact) mass is 416 g/mol. The van der Waals surface area contributed by atoms with Gasteiger partial charge in [-0.2, -0.15) is 26.3 Å². The van der Waals surface area contributed by atoms with Gasteiger partial charge in [0.2, 0.25) is 10.5 Å². The molecule has 0 aliphatic heterocycles. The first-order valence-corrected chi connectivity index (χ1v) is 7.63. The maximum Gasteiger partial charge on any atom is 0.417 e. The molecule has 10 heteroatoms. The van der Waals surface area contributed by atoms with Gasteiger partial charge in [0.1, 0.15) is 5.41 Å². The second-order valence-corrected chi connectivity index (χ2v) is 6.13. The van der Waals surface area contributed by atoms with Gasteiger partial charge in [-0.3, -0.25) is 9.59 Å². The van der Waals surface area contributed by atoms with E-state index in [4.69, 9.17) is 23.2 Å². The van der Waals surface area contributed by atoms with Gasteiger partial charge in [0.15, 0.2) is 0 Å². The molecular formula is C16H8Cl2F6O2. The molecule has 0 bridgehead atoms. The molecule has 0 saturated heterocycles. The molecular weight excluding hydrogens is 409 g/mol. The van der Waals surface area contributed by atoms with Crippen LogP contribution in [0, 0.1) is 5.41 Å². The van der Waals surface area contributed by atoms with Crippen molar-refractivity contribution < 1.29 is 35.9 Å². The van der Waals surface area contributed by atoms with Gasteiger partial charge < -0.3 is 0 Å². The predicted molar refractivity (Wildman–Crippen MR) is 82.3 cm³/mol.